The van der Waals surface area contributed by atoms with Crippen LogP contribution in [-0.2, 0) is 12.8 Å². The van der Waals surface area contributed by atoms with E-state index in [-0.39, 0.29) is 24.0 Å². The average molecular weight is 456 g/mol. The van der Waals surface area contributed by atoms with Crippen LogP contribution in [-0.4, -0.2) is 41.3 Å². The molecule has 0 aliphatic carbocycles. The van der Waals surface area contributed by atoms with E-state index in [1.165, 1.54) is 0 Å². The van der Waals surface area contributed by atoms with Gasteiger partial charge in [-0.2, -0.15) is 5.10 Å². The molecule has 134 valence electrons. The van der Waals surface area contributed by atoms with Crippen molar-refractivity contribution >= 4 is 29.9 Å². The van der Waals surface area contributed by atoms with Gasteiger partial charge in [-0.25, -0.2) is 4.98 Å². The van der Waals surface area contributed by atoms with Gasteiger partial charge in [-0.3, -0.25) is 10.1 Å². The third kappa shape index (κ3) is 5.62. The molecule has 0 aliphatic heterocycles. The molecule has 0 bridgehead atoms. The van der Waals surface area contributed by atoms with Crippen LogP contribution in [0.25, 0.3) is 11.6 Å². The third-order valence-electron chi connectivity index (χ3n) is 3.40. The fourth-order valence-corrected chi connectivity index (χ4v) is 2.20. The first-order chi connectivity index (χ1) is 11.8. The maximum atomic E-state index is 5.29. The van der Waals surface area contributed by atoms with E-state index in [4.69, 9.17) is 8.83 Å². The van der Waals surface area contributed by atoms with E-state index in [0.29, 0.717) is 24.6 Å². The molecule has 25 heavy (non-hydrogen) atoms. The number of aromatic nitrogens is 3. The highest BCUT2D eigenvalue weighted by Crippen LogP contribution is 2.14. The number of rotatable bonds is 7. The Bertz CT molecular complexity index is 752. The number of hydrogen-bond acceptors (Lipinski definition) is 5. The molecule has 0 unspecified atom stereocenters. The number of aromatic amines is 1. The molecule has 3 heterocycles. The van der Waals surface area contributed by atoms with Gasteiger partial charge >= 0.3 is 0 Å². The van der Waals surface area contributed by atoms with Crippen molar-refractivity contribution in [3.05, 3.63) is 48.4 Å². The van der Waals surface area contributed by atoms with Gasteiger partial charge in [0, 0.05) is 33.0 Å². The van der Waals surface area contributed by atoms with Gasteiger partial charge in [-0.15, -0.1) is 24.0 Å². The Morgan fingerprint density at radius 1 is 1.12 bits per heavy atom. The van der Waals surface area contributed by atoms with Crippen LogP contribution in [0.4, 0.5) is 0 Å². The second-order valence-corrected chi connectivity index (χ2v) is 5.09. The quantitative estimate of drug-likeness (QED) is 0.286. The van der Waals surface area contributed by atoms with Crippen molar-refractivity contribution in [1.29, 1.82) is 0 Å². The predicted octanol–water partition coefficient (Wildman–Crippen LogP) is 2.23. The Balaban J connectivity index is 0.00000225. The van der Waals surface area contributed by atoms with Crippen LogP contribution >= 0.6 is 24.0 Å². The first kappa shape index (κ1) is 19.0. The normalized spacial score (nSPS) is 11.2. The summed E-state index contributed by atoms with van der Waals surface area (Å²) in [5.41, 5.74) is 0. The molecule has 0 saturated carbocycles. The van der Waals surface area contributed by atoms with E-state index in [0.717, 1.165) is 30.5 Å². The Morgan fingerprint density at radius 2 is 1.88 bits per heavy atom. The van der Waals surface area contributed by atoms with Crippen LogP contribution in [0, 0.1) is 0 Å². The largest absolute Gasteiger partial charge is 0.469 e. The summed E-state index contributed by atoms with van der Waals surface area (Å²) in [5, 5.41) is 13.5. The molecule has 8 nitrogen and oxygen atoms in total. The van der Waals surface area contributed by atoms with Crippen LogP contribution in [0.2, 0.25) is 0 Å². The average Bonchev–Trinajstić information content (AvgIpc) is 3.34. The number of H-pyrrole nitrogens is 1. The molecule has 9 heteroatoms. The lowest BCUT2D eigenvalue weighted by atomic mass is 10.3. The molecule has 3 aromatic heterocycles. The molecule has 0 aliphatic rings. The van der Waals surface area contributed by atoms with Gasteiger partial charge in [0.05, 0.1) is 12.5 Å². The van der Waals surface area contributed by atoms with Crippen LogP contribution in [0.3, 0.4) is 0 Å². The maximum Gasteiger partial charge on any atom is 0.216 e. The third-order valence-corrected chi connectivity index (χ3v) is 3.40. The second kappa shape index (κ2) is 9.87. The Labute approximate surface area is 162 Å². The van der Waals surface area contributed by atoms with Crippen molar-refractivity contribution in [2.45, 2.75) is 12.8 Å². The lowest BCUT2D eigenvalue weighted by Crippen LogP contribution is -2.39. The minimum Gasteiger partial charge on any atom is -0.469 e. The van der Waals surface area contributed by atoms with Gasteiger partial charge in [-0.1, -0.05) is 0 Å². The second-order valence-electron chi connectivity index (χ2n) is 5.09. The molecule has 0 saturated heterocycles. The van der Waals surface area contributed by atoms with Gasteiger partial charge in [0.15, 0.2) is 11.7 Å². The van der Waals surface area contributed by atoms with Crippen LogP contribution in [0.1, 0.15) is 11.6 Å². The topological polar surface area (TPSA) is 104 Å². The number of furan rings is 2. The molecule has 0 aromatic carbocycles. The highest BCUT2D eigenvalue weighted by molar-refractivity contribution is 14.0. The number of guanidine groups is 1. The van der Waals surface area contributed by atoms with Crippen molar-refractivity contribution in [3.63, 3.8) is 0 Å². The van der Waals surface area contributed by atoms with Gasteiger partial charge in [0.1, 0.15) is 11.6 Å². The van der Waals surface area contributed by atoms with Crippen molar-refractivity contribution in [2.75, 3.05) is 20.1 Å². The van der Waals surface area contributed by atoms with Gasteiger partial charge < -0.3 is 19.5 Å². The monoisotopic (exact) mass is 456 g/mol. The van der Waals surface area contributed by atoms with Crippen molar-refractivity contribution in [3.8, 4) is 11.6 Å². The van der Waals surface area contributed by atoms with Crippen molar-refractivity contribution < 1.29 is 8.83 Å². The lowest BCUT2D eigenvalue weighted by Gasteiger charge is -2.10. The molecule has 0 radical (unpaired) electrons. The highest BCUT2D eigenvalue weighted by Gasteiger charge is 2.08. The van der Waals surface area contributed by atoms with Crippen LogP contribution in [0.5, 0.6) is 0 Å². The smallest absolute Gasteiger partial charge is 0.216 e. The Morgan fingerprint density at radius 3 is 2.56 bits per heavy atom. The molecular weight excluding hydrogens is 435 g/mol. The Kier molecular flexibility index (Phi) is 7.51. The van der Waals surface area contributed by atoms with Gasteiger partial charge in [0.25, 0.3) is 0 Å². The summed E-state index contributed by atoms with van der Waals surface area (Å²) < 4.78 is 10.6. The minimum atomic E-state index is 0. The van der Waals surface area contributed by atoms with E-state index >= 15 is 0 Å². The molecule has 3 aromatic rings. The molecule has 3 N–H and O–H groups in total. The summed E-state index contributed by atoms with van der Waals surface area (Å²) in [4.78, 5) is 8.58. The number of nitrogens with zero attached hydrogens (tertiary/aromatic N) is 3. The fraction of sp³-hybridized carbons (Fsp3) is 0.312. The lowest BCUT2D eigenvalue weighted by molar-refractivity contribution is 0.507. The zero-order valence-corrected chi connectivity index (χ0v) is 16.2. The van der Waals surface area contributed by atoms with Gasteiger partial charge in [-0.05, 0) is 24.3 Å². The van der Waals surface area contributed by atoms with E-state index in [1.54, 1.807) is 19.6 Å². The number of nitrogens with one attached hydrogen (secondary N) is 3. The predicted molar refractivity (Wildman–Crippen MR) is 105 cm³/mol. The Hall–Kier alpha value is -2.30. The zero-order chi connectivity index (χ0) is 16.6. The molecule has 3 rings (SSSR count). The highest BCUT2D eigenvalue weighted by atomic mass is 127. The first-order valence-electron chi connectivity index (χ1n) is 7.77. The van der Waals surface area contributed by atoms with Crippen molar-refractivity contribution in [1.82, 2.24) is 25.8 Å². The molecule has 0 fully saturated rings. The van der Waals surface area contributed by atoms with Crippen molar-refractivity contribution in [2.24, 2.45) is 4.99 Å². The summed E-state index contributed by atoms with van der Waals surface area (Å²) in [5.74, 6) is 3.70. The molecule has 0 atom stereocenters. The number of halogens is 1. The van der Waals surface area contributed by atoms with Crippen LogP contribution < -0.4 is 10.6 Å². The standard InChI is InChI=1S/C16H20N6O2.HI/c1-17-16(18-8-6-12-4-2-10-23-12)19-9-7-14-20-15(22-21-14)13-5-3-11-24-13;/h2-5,10-11H,6-9H2,1H3,(H2,17,18,19)(H,20,21,22);1H. The molecule has 0 amide bonds. The fourth-order valence-electron chi connectivity index (χ4n) is 2.20. The SMILES string of the molecule is CN=C(NCCc1nc(-c2ccco2)n[nH]1)NCCc1ccco1.I. The van der Waals surface area contributed by atoms with E-state index < -0.39 is 0 Å². The van der Waals surface area contributed by atoms with E-state index in [9.17, 15) is 0 Å². The molecular formula is C16H21IN6O2. The van der Waals surface area contributed by atoms with E-state index in [2.05, 4.69) is 30.8 Å². The minimum absolute atomic E-state index is 0. The molecule has 0 spiro atoms. The summed E-state index contributed by atoms with van der Waals surface area (Å²) in [7, 11) is 1.74. The van der Waals surface area contributed by atoms with E-state index in [1.807, 2.05) is 24.3 Å². The maximum absolute atomic E-state index is 5.29. The summed E-state index contributed by atoms with van der Waals surface area (Å²) in [6, 6.07) is 7.48. The number of aliphatic imine (C=N–C) groups is 1. The summed E-state index contributed by atoms with van der Waals surface area (Å²) in [6.07, 6.45) is 4.79. The van der Waals surface area contributed by atoms with Gasteiger partial charge in [0.2, 0.25) is 5.82 Å². The summed E-state index contributed by atoms with van der Waals surface area (Å²) in [6.45, 7) is 1.44. The summed E-state index contributed by atoms with van der Waals surface area (Å²) >= 11 is 0. The number of hydrogen-bond donors (Lipinski definition) is 3. The first-order valence-corrected chi connectivity index (χ1v) is 7.77. The zero-order valence-electron chi connectivity index (χ0n) is 13.9. The van der Waals surface area contributed by atoms with Crippen LogP contribution in [0.15, 0.2) is 50.6 Å².